The number of rotatable bonds is 7. The average Bonchev–Trinajstić information content (AvgIpc) is 2.97. The summed E-state index contributed by atoms with van der Waals surface area (Å²) in [5.41, 5.74) is -0.378. The van der Waals surface area contributed by atoms with Gasteiger partial charge in [0.05, 0.1) is 0 Å². The summed E-state index contributed by atoms with van der Waals surface area (Å²) in [6.45, 7) is 2.54. The van der Waals surface area contributed by atoms with Gasteiger partial charge in [-0.05, 0) is 24.3 Å². The van der Waals surface area contributed by atoms with E-state index in [1.807, 2.05) is 36.4 Å². The van der Waals surface area contributed by atoms with Crippen molar-refractivity contribution in [1.82, 2.24) is 10.2 Å². The molecule has 0 bridgehead atoms. The van der Waals surface area contributed by atoms with E-state index in [4.69, 9.17) is 4.74 Å². The molecule has 4 amide bonds. The van der Waals surface area contributed by atoms with E-state index in [0.29, 0.717) is 18.5 Å². The van der Waals surface area contributed by atoms with Crippen LogP contribution in [0.25, 0.3) is 10.8 Å². The molecule has 2 aromatic rings. The molecule has 0 unspecified atom stereocenters. The van der Waals surface area contributed by atoms with Crippen molar-refractivity contribution in [2.24, 2.45) is 0 Å². The van der Waals surface area contributed by atoms with Gasteiger partial charge in [0.15, 0.2) is 6.61 Å². The first-order chi connectivity index (χ1) is 13.9. The number of esters is 1. The maximum absolute atomic E-state index is 12.5. The van der Waals surface area contributed by atoms with E-state index >= 15 is 0 Å². The molecule has 152 valence electrons. The monoisotopic (exact) mass is 397 g/mol. The van der Waals surface area contributed by atoms with Gasteiger partial charge in [0.25, 0.3) is 11.8 Å². The molecular formula is C21H23N3O5. The number of urea groups is 1. The Balaban J connectivity index is 1.56. The number of hydrogen-bond acceptors (Lipinski definition) is 5. The fourth-order valence-corrected chi connectivity index (χ4v) is 3.39. The smallest absolute Gasteiger partial charge is 0.326 e. The average molecular weight is 397 g/mol. The Kier molecular flexibility index (Phi) is 5.81. The van der Waals surface area contributed by atoms with E-state index in [1.165, 1.54) is 0 Å². The molecule has 0 aliphatic carbocycles. The van der Waals surface area contributed by atoms with Gasteiger partial charge in [0.2, 0.25) is 0 Å². The van der Waals surface area contributed by atoms with E-state index < -0.39 is 42.5 Å². The van der Waals surface area contributed by atoms with E-state index in [1.54, 1.807) is 19.9 Å². The lowest BCUT2D eigenvalue weighted by atomic mass is 9.93. The molecule has 0 saturated carbocycles. The molecule has 0 spiro atoms. The van der Waals surface area contributed by atoms with Gasteiger partial charge in [-0.1, -0.05) is 50.2 Å². The van der Waals surface area contributed by atoms with Crippen LogP contribution in [0.1, 0.15) is 26.7 Å². The normalized spacial score (nSPS) is 15.3. The Morgan fingerprint density at radius 2 is 1.76 bits per heavy atom. The first-order valence-electron chi connectivity index (χ1n) is 9.47. The summed E-state index contributed by atoms with van der Waals surface area (Å²) < 4.78 is 4.96. The largest absolute Gasteiger partial charge is 0.454 e. The first-order valence-corrected chi connectivity index (χ1v) is 9.47. The van der Waals surface area contributed by atoms with Crippen LogP contribution in [-0.2, 0) is 19.1 Å². The lowest BCUT2D eigenvalue weighted by molar-refractivity contribution is -0.150. The number of hydrogen-bond donors (Lipinski definition) is 2. The number of carbonyl (C=O) groups is 4. The molecule has 8 nitrogen and oxygen atoms in total. The summed E-state index contributed by atoms with van der Waals surface area (Å²) in [5.74, 6) is -1.79. The molecule has 29 heavy (non-hydrogen) atoms. The summed E-state index contributed by atoms with van der Waals surface area (Å²) in [7, 11) is 0. The molecule has 1 aliphatic rings. The van der Waals surface area contributed by atoms with Gasteiger partial charge in [-0.3, -0.25) is 19.3 Å². The Labute approximate surface area is 168 Å². The molecule has 1 heterocycles. The molecule has 1 fully saturated rings. The fourth-order valence-electron chi connectivity index (χ4n) is 3.39. The molecule has 2 aromatic carbocycles. The van der Waals surface area contributed by atoms with Gasteiger partial charge in [-0.2, -0.15) is 0 Å². The molecule has 3 rings (SSSR count). The summed E-state index contributed by atoms with van der Waals surface area (Å²) in [4.78, 5) is 49.6. The molecule has 0 aromatic heterocycles. The van der Waals surface area contributed by atoms with E-state index in [9.17, 15) is 19.2 Å². The molecule has 0 atom stereocenters. The van der Waals surface area contributed by atoms with Crippen molar-refractivity contribution < 1.29 is 23.9 Å². The molecule has 2 N–H and O–H groups in total. The van der Waals surface area contributed by atoms with Crippen molar-refractivity contribution in [2.45, 2.75) is 32.2 Å². The fraction of sp³-hybridized carbons (Fsp3) is 0.333. The van der Waals surface area contributed by atoms with Crippen LogP contribution >= 0.6 is 0 Å². The van der Waals surface area contributed by atoms with Crippen molar-refractivity contribution in [3.8, 4) is 0 Å². The van der Waals surface area contributed by atoms with Crippen LogP contribution in [0.3, 0.4) is 0 Å². The third-order valence-corrected chi connectivity index (χ3v) is 5.17. The van der Waals surface area contributed by atoms with Crippen LogP contribution in [0, 0.1) is 0 Å². The summed E-state index contributed by atoms with van der Waals surface area (Å²) >= 11 is 0. The Morgan fingerprint density at radius 1 is 1.07 bits per heavy atom. The number of nitrogens with one attached hydrogen (secondary N) is 2. The second-order valence-corrected chi connectivity index (χ2v) is 6.85. The summed E-state index contributed by atoms with van der Waals surface area (Å²) in [6.07, 6.45) is 0.847. The highest BCUT2D eigenvalue weighted by atomic mass is 16.5. The number of anilines is 1. The standard InChI is InChI=1S/C21H23N3O5/c1-3-21(4-2)19(27)24(20(28)23-21)12-18(26)29-13-17(25)22-16-11-7-9-14-8-5-6-10-15(14)16/h5-11H,3-4,12-13H2,1-2H3,(H,22,25)(H,23,28). The topological polar surface area (TPSA) is 105 Å². The van der Waals surface area contributed by atoms with Crippen LogP contribution in [0.5, 0.6) is 0 Å². The highest BCUT2D eigenvalue weighted by molar-refractivity contribution is 6.09. The highest BCUT2D eigenvalue weighted by Crippen LogP contribution is 2.25. The zero-order valence-corrected chi connectivity index (χ0v) is 16.4. The third kappa shape index (κ3) is 4.06. The predicted octanol–water partition coefficient (Wildman–Crippen LogP) is 2.43. The maximum atomic E-state index is 12.5. The molecule has 1 saturated heterocycles. The van der Waals surface area contributed by atoms with Crippen molar-refractivity contribution in [2.75, 3.05) is 18.5 Å². The van der Waals surface area contributed by atoms with Gasteiger partial charge in [-0.15, -0.1) is 0 Å². The van der Waals surface area contributed by atoms with Gasteiger partial charge < -0.3 is 15.4 Å². The van der Waals surface area contributed by atoms with Crippen molar-refractivity contribution in [3.05, 3.63) is 42.5 Å². The van der Waals surface area contributed by atoms with Crippen LogP contribution in [-0.4, -0.2) is 47.4 Å². The van der Waals surface area contributed by atoms with E-state index in [2.05, 4.69) is 10.6 Å². The number of amides is 4. The minimum Gasteiger partial charge on any atom is -0.454 e. The SMILES string of the molecule is CCC1(CC)NC(=O)N(CC(=O)OCC(=O)Nc2cccc3ccccc23)C1=O. The van der Waals surface area contributed by atoms with Gasteiger partial charge >= 0.3 is 12.0 Å². The number of fused-ring (bicyclic) bond motifs is 1. The van der Waals surface area contributed by atoms with Gasteiger partial charge in [0, 0.05) is 11.1 Å². The Hall–Kier alpha value is -3.42. The van der Waals surface area contributed by atoms with Gasteiger partial charge in [0.1, 0.15) is 12.1 Å². The lowest BCUT2D eigenvalue weighted by Gasteiger charge is -2.22. The number of imide groups is 1. The molecule has 8 heteroatoms. The van der Waals surface area contributed by atoms with Crippen molar-refractivity contribution >= 4 is 40.3 Å². The summed E-state index contributed by atoms with van der Waals surface area (Å²) in [6, 6.07) is 12.4. The minimum absolute atomic E-state index is 0.424. The third-order valence-electron chi connectivity index (χ3n) is 5.17. The lowest BCUT2D eigenvalue weighted by Crippen LogP contribution is -2.46. The van der Waals surface area contributed by atoms with Crippen LogP contribution in [0.2, 0.25) is 0 Å². The van der Waals surface area contributed by atoms with E-state index in [0.717, 1.165) is 15.7 Å². The van der Waals surface area contributed by atoms with Crippen LogP contribution in [0.4, 0.5) is 10.5 Å². The second kappa shape index (κ2) is 8.30. The van der Waals surface area contributed by atoms with Gasteiger partial charge in [-0.25, -0.2) is 4.79 Å². The zero-order valence-electron chi connectivity index (χ0n) is 16.4. The quantitative estimate of drug-likeness (QED) is 0.552. The van der Waals surface area contributed by atoms with Crippen LogP contribution < -0.4 is 10.6 Å². The number of nitrogens with zero attached hydrogens (tertiary/aromatic N) is 1. The maximum Gasteiger partial charge on any atom is 0.326 e. The first kappa shape index (κ1) is 20.3. The molecule has 1 aliphatic heterocycles. The number of carbonyl (C=O) groups excluding carboxylic acids is 4. The molecular weight excluding hydrogens is 374 g/mol. The van der Waals surface area contributed by atoms with Crippen molar-refractivity contribution in [1.29, 1.82) is 0 Å². The number of benzene rings is 2. The van der Waals surface area contributed by atoms with E-state index in [-0.39, 0.29) is 0 Å². The highest BCUT2D eigenvalue weighted by Gasteiger charge is 2.49. The number of ether oxygens (including phenoxy) is 1. The molecule has 0 radical (unpaired) electrons. The van der Waals surface area contributed by atoms with Crippen molar-refractivity contribution in [3.63, 3.8) is 0 Å². The zero-order chi connectivity index (χ0) is 21.0. The van der Waals surface area contributed by atoms with Crippen LogP contribution in [0.15, 0.2) is 42.5 Å². The minimum atomic E-state index is -0.983. The predicted molar refractivity (Wildman–Crippen MR) is 107 cm³/mol. The Morgan fingerprint density at radius 3 is 2.45 bits per heavy atom. The summed E-state index contributed by atoms with van der Waals surface area (Å²) in [5, 5.41) is 7.18. The Bertz CT molecular complexity index is 962. The second-order valence-electron chi connectivity index (χ2n) is 6.85.